The number of benzene rings is 1. The Kier molecular flexibility index (Phi) is 8.57. The second-order valence-corrected chi connectivity index (χ2v) is 7.38. The van der Waals surface area contributed by atoms with E-state index in [1.165, 1.54) is 6.92 Å². The first-order chi connectivity index (χ1) is 13.4. The third-order valence-electron chi connectivity index (χ3n) is 4.81. The quantitative estimate of drug-likeness (QED) is 0.493. The molecule has 2 atom stereocenters. The van der Waals surface area contributed by atoms with Gasteiger partial charge >= 0.3 is 18.0 Å². The van der Waals surface area contributed by atoms with E-state index in [1.807, 2.05) is 0 Å². The standard InChI is InChI=1S/C20H26ClNO6/c1-13(23)27-19(15-5-3-2-4-6-15)28-20(26)22-12-11-17(18(24)25)14-7-9-16(21)10-8-14/h7-10,15,17,19H,2-6,11-12H2,1H3,(H,22,26)(H,24,25). The van der Waals surface area contributed by atoms with Crippen LogP contribution >= 0.6 is 11.6 Å². The number of alkyl carbamates (subject to hydrolysis) is 1. The first-order valence-electron chi connectivity index (χ1n) is 9.46. The fourth-order valence-corrected chi connectivity index (χ4v) is 3.51. The van der Waals surface area contributed by atoms with Gasteiger partial charge in [0.25, 0.3) is 6.29 Å². The predicted molar refractivity (Wildman–Crippen MR) is 103 cm³/mol. The Morgan fingerprint density at radius 2 is 1.79 bits per heavy atom. The van der Waals surface area contributed by atoms with Crippen molar-refractivity contribution in [3.63, 3.8) is 0 Å². The van der Waals surface area contributed by atoms with Crippen molar-refractivity contribution in [2.75, 3.05) is 6.54 Å². The van der Waals surface area contributed by atoms with E-state index in [0.29, 0.717) is 10.6 Å². The number of carbonyl (C=O) groups is 3. The second-order valence-electron chi connectivity index (χ2n) is 6.94. The summed E-state index contributed by atoms with van der Waals surface area (Å²) >= 11 is 5.83. The molecular weight excluding hydrogens is 386 g/mol. The number of amides is 1. The number of hydrogen-bond donors (Lipinski definition) is 2. The maximum Gasteiger partial charge on any atom is 0.410 e. The number of hydrogen-bond acceptors (Lipinski definition) is 5. The summed E-state index contributed by atoms with van der Waals surface area (Å²) in [7, 11) is 0. The van der Waals surface area contributed by atoms with Gasteiger partial charge in [-0.25, -0.2) is 4.79 Å². The molecule has 0 radical (unpaired) electrons. The molecule has 1 aliphatic rings. The number of nitrogens with one attached hydrogen (secondary N) is 1. The fraction of sp³-hybridized carbons (Fsp3) is 0.550. The minimum Gasteiger partial charge on any atom is -0.481 e. The number of rotatable bonds is 8. The molecule has 2 rings (SSSR count). The molecule has 154 valence electrons. The van der Waals surface area contributed by atoms with E-state index in [-0.39, 0.29) is 18.9 Å². The van der Waals surface area contributed by atoms with Crippen molar-refractivity contribution in [2.45, 2.75) is 57.7 Å². The van der Waals surface area contributed by atoms with Crippen molar-refractivity contribution >= 4 is 29.6 Å². The maximum absolute atomic E-state index is 12.1. The van der Waals surface area contributed by atoms with Crippen LogP contribution in [-0.2, 0) is 19.1 Å². The summed E-state index contributed by atoms with van der Waals surface area (Å²) in [6.07, 6.45) is 3.36. The third kappa shape index (κ3) is 7.03. The summed E-state index contributed by atoms with van der Waals surface area (Å²) in [6.45, 7) is 1.39. The minimum absolute atomic E-state index is 0.00997. The van der Waals surface area contributed by atoms with Crippen LogP contribution in [0.3, 0.4) is 0 Å². The zero-order valence-corrected chi connectivity index (χ0v) is 16.6. The first kappa shape index (κ1) is 22.0. The number of halogens is 1. The molecule has 0 aromatic heterocycles. The molecule has 1 saturated carbocycles. The SMILES string of the molecule is CC(=O)OC(OC(=O)NCCC(C(=O)O)c1ccc(Cl)cc1)C1CCCCC1. The Labute approximate surface area is 169 Å². The highest BCUT2D eigenvalue weighted by Gasteiger charge is 2.29. The molecular formula is C20H26ClNO6. The van der Waals surface area contributed by atoms with E-state index in [2.05, 4.69) is 5.32 Å². The van der Waals surface area contributed by atoms with Gasteiger partial charge in [-0.05, 0) is 37.0 Å². The Bertz CT molecular complexity index is 672. The molecule has 0 bridgehead atoms. The molecule has 1 aromatic carbocycles. The number of ether oxygens (including phenoxy) is 2. The zero-order valence-electron chi connectivity index (χ0n) is 15.9. The van der Waals surface area contributed by atoms with Crippen LogP contribution in [0.5, 0.6) is 0 Å². The largest absolute Gasteiger partial charge is 0.481 e. The summed E-state index contributed by atoms with van der Waals surface area (Å²) in [5, 5.41) is 12.5. The lowest BCUT2D eigenvalue weighted by Gasteiger charge is -2.29. The molecule has 1 aromatic rings. The van der Waals surface area contributed by atoms with E-state index >= 15 is 0 Å². The van der Waals surface area contributed by atoms with Crippen LogP contribution < -0.4 is 5.32 Å². The van der Waals surface area contributed by atoms with E-state index in [9.17, 15) is 19.5 Å². The molecule has 28 heavy (non-hydrogen) atoms. The Morgan fingerprint density at radius 3 is 2.36 bits per heavy atom. The average Bonchev–Trinajstić information content (AvgIpc) is 2.66. The van der Waals surface area contributed by atoms with Crippen LogP contribution in [0.2, 0.25) is 5.02 Å². The fourth-order valence-electron chi connectivity index (χ4n) is 3.38. The summed E-state index contributed by atoms with van der Waals surface area (Å²) in [6, 6.07) is 6.56. The molecule has 0 saturated heterocycles. The molecule has 1 amide bonds. The summed E-state index contributed by atoms with van der Waals surface area (Å²) in [5.41, 5.74) is 0.604. The lowest BCUT2D eigenvalue weighted by atomic mass is 9.89. The highest BCUT2D eigenvalue weighted by molar-refractivity contribution is 6.30. The number of carboxylic acids is 1. The molecule has 2 unspecified atom stereocenters. The van der Waals surface area contributed by atoms with Crippen LogP contribution in [0.1, 0.15) is 56.9 Å². The van der Waals surface area contributed by atoms with Crippen LogP contribution in [0.15, 0.2) is 24.3 Å². The van der Waals surface area contributed by atoms with Crippen molar-refractivity contribution in [1.82, 2.24) is 5.32 Å². The van der Waals surface area contributed by atoms with Gasteiger partial charge in [0.05, 0.1) is 5.92 Å². The molecule has 0 aliphatic heterocycles. The molecule has 1 aliphatic carbocycles. The van der Waals surface area contributed by atoms with Crippen LogP contribution in [0.25, 0.3) is 0 Å². The monoisotopic (exact) mass is 411 g/mol. The summed E-state index contributed by atoms with van der Waals surface area (Å²) in [5.74, 6) is -2.28. The van der Waals surface area contributed by atoms with Gasteiger partial charge in [0, 0.05) is 24.4 Å². The zero-order chi connectivity index (χ0) is 20.5. The van der Waals surface area contributed by atoms with Gasteiger partial charge in [0.1, 0.15) is 0 Å². The topological polar surface area (TPSA) is 102 Å². The molecule has 8 heteroatoms. The molecule has 0 spiro atoms. The highest BCUT2D eigenvalue weighted by atomic mass is 35.5. The Hall–Kier alpha value is -2.28. The van der Waals surface area contributed by atoms with Gasteiger partial charge in [0.15, 0.2) is 0 Å². The molecule has 2 N–H and O–H groups in total. The van der Waals surface area contributed by atoms with E-state index in [1.54, 1.807) is 24.3 Å². The predicted octanol–water partition coefficient (Wildman–Crippen LogP) is 4.09. The minimum atomic E-state index is -0.988. The van der Waals surface area contributed by atoms with Gasteiger partial charge in [0.2, 0.25) is 0 Å². The Morgan fingerprint density at radius 1 is 1.14 bits per heavy atom. The summed E-state index contributed by atoms with van der Waals surface area (Å²) < 4.78 is 10.5. The van der Waals surface area contributed by atoms with Crippen molar-refractivity contribution in [1.29, 1.82) is 0 Å². The summed E-state index contributed by atoms with van der Waals surface area (Å²) in [4.78, 5) is 35.0. The van der Waals surface area contributed by atoms with Crippen LogP contribution in [-0.4, -0.2) is 36.0 Å². The lowest BCUT2D eigenvalue weighted by molar-refractivity contribution is -0.176. The van der Waals surface area contributed by atoms with E-state index < -0.39 is 30.2 Å². The van der Waals surface area contributed by atoms with Gasteiger partial charge in [-0.2, -0.15) is 0 Å². The number of esters is 1. The van der Waals surface area contributed by atoms with Crippen molar-refractivity contribution in [3.05, 3.63) is 34.9 Å². The normalized spacial score (nSPS) is 16.6. The van der Waals surface area contributed by atoms with Gasteiger partial charge in [-0.1, -0.05) is 43.0 Å². The van der Waals surface area contributed by atoms with Crippen molar-refractivity contribution in [2.24, 2.45) is 5.92 Å². The van der Waals surface area contributed by atoms with Gasteiger partial charge in [-0.15, -0.1) is 0 Å². The van der Waals surface area contributed by atoms with Crippen molar-refractivity contribution in [3.8, 4) is 0 Å². The lowest BCUT2D eigenvalue weighted by Crippen LogP contribution is -2.37. The van der Waals surface area contributed by atoms with Gasteiger partial charge < -0.3 is 19.9 Å². The van der Waals surface area contributed by atoms with Crippen LogP contribution in [0.4, 0.5) is 4.79 Å². The molecule has 0 heterocycles. The van der Waals surface area contributed by atoms with E-state index in [4.69, 9.17) is 21.1 Å². The van der Waals surface area contributed by atoms with E-state index in [0.717, 1.165) is 32.1 Å². The Balaban J connectivity index is 1.87. The molecule has 7 nitrogen and oxygen atoms in total. The van der Waals surface area contributed by atoms with Crippen molar-refractivity contribution < 1.29 is 29.0 Å². The van der Waals surface area contributed by atoms with Crippen LogP contribution in [0, 0.1) is 5.92 Å². The third-order valence-corrected chi connectivity index (χ3v) is 5.06. The highest BCUT2D eigenvalue weighted by Crippen LogP contribution is 2.29. The number of aliphatic carboxylic acids is 1. The molecule has 1 fully saturated rings. The van der Waals surface area contributed by atoms with Gasteiger partial charge in [-0.3, -0.25) is 9.59 Å². The second kappa shape index (κ2) is 10.9. The maximum atomic E-state index is 12.1. The average molecular weight is 412 g/mol. The number of carbonyl (C=O) groups excluding carboxylic acids is 2. The number of carboxylic acid groups (broad SMARTS) is 1. The first-order valence-corrected chi connectivity index (χ1v) is 9.84. The smallest absolute Gasteiger partial charge is 0.410 e.